The highest BCUT2D eigenvalue weighted by molar-refractivity contribution is 6.30. The van der Waals surface area contributed by atoms with Gasteiger partial charge in [-0.3, -0.25) is 4.79 Å². The third-order valence-electron chi connectivity index (χ3n) is 3.59. The highest BCUT2D eigenvalue weighted by atomic mass is 35.5. The lowest BCUT2D eigenvalue weighted by Gasteiger charge is -2.19. The van der Waals surface area contributed by atoms with Crippen LogP contribution in [0, 0.1) is 5.92 Å². The molecule has 0 fully saturated rings. The molecular weight excluding hydrogens is 296 g/mol. The first-order chi connectivity index (χ1) is 10.6. The summed E-state index contributed by atoms with van der Waals surface area (Å²) in [5.74, 6) is 0.439. The third-order valence-corrected chi connectivity index (χ3v) is 3.84. The zero-order chi connectivity index (χ0) is 15.9. The molecule has 0 unspecified atom stereocenters. The molecule has 0 spiro atoms. The van der Waals surface area contributed by atoms with Crippen LogP contribution in [-0.4, -0.2) is 12.5 Å². The van der Waals surface area contributed by atoms with Crippen LogP contribution in [0.4, 0.5) is 5.69 Å². The lowest BCUT2D eigenvalue weighted by molar-refractivity contribution is -0.692. The largest absolute Gasteiger partial charge is 0.332 e. The van der Waals surface area contributed by atoms with E-state index < -0.39 is 0 Å². The first-order valence-electron chi connectivity index (χ1n) is 7.50. The van der Waals surface area contributed by atoms with Gasteiger partial charge in [0.2, 0.25) is 0 Å². The van der Waals surface area contributed by atoms with Crippen molar-refractivity contribution in [2.24, 2.45) is 5.92 Å². The zero-order valence-electron chi connectivity index (χ0n) is 12.9. The summed E-state index contributed by atoms with van der Waals surface area (Å²) in [7, 11) is 0. The summed E-state index contributed by atoms with van der Waals surface area (Å²) >= 11 is 5.83. The van der Waals surface area contributed by atoms with E-state index in [0.717, 1.165) is 5.69 Å². The summed E-state index contributed by atoms with van der Waals surface area (Å²) in [6.07, 6.45) is 0. The van der Waals surface area contributed by atoms with Crippen LogP contribution in [0.15, 0.2) is 54.6 Å². The van der Waals surface area contributed by atoms with Crippen LogP contribution in [0.5, 0.6) is 0 Å². The minimum absolute atomic E-state index is 0.0103. The number of rotatable bonds is 6. The van der Waals surface area contributed by atoms with Crippen LogP contribution in [0.3, 0.4) is 0 Å². The number of quaternary nitrogens is 1. The van der Waals surface area contributed by atoms with E-state index >= 15 is 0 Å². The van der Waals surface area contributed by atoms with Gasteiger partial charge in [-0.2, -0.15) is 0 Å². The Morgan fingerprint density at radius 1 is 1.09 bits per heavy atom. The third kappa shape index (κ3) is 4.86. The number of carbonyl (C=O) groups excluding carboxylic acids is 1. The van der Waals surface area contributed by atoms with E-state index in [0.29, 0.717) is 17.5 Å². The number of benzene rings is 2. The van der Waals surface area contributed by atoms with Crippen LogP contribution >= 0.6 is 11.6 Å². The molecule has 0 radical (unpaired) electrons. The van der Waals surface area contributed by atoms with Crippen molar-refractivity contribution in [3.63, 3.8) is 0 Å². The fourth-order valence-electron chi connectivity index (χ4n) is 2.45. The highest BCUT2D eigenvalue weighted by Gasteiger charge is 2.20. The van der Waals surface area contributed by atoms with Gasteiger partial charge in [-0.25, -0.2) is 0 Å². The van der Waals surface area contributed by atoms with Crippen molar-refractivity contribution in [1.29, 1.82) is 0 Å². The lowest BCUT2D eigenvalue weighted by atomic mass is 9.96. The lowest BCUT2D eigenvalue weighted by Crippen LogP contribution is -2.88. The minimum Gasteiger partial charge on any atom is -0.332 e. The quantitative estimate of drug-likeness (QED) is 0.844. The van der Waals surface area contributed by atoms with Gasteiger partial charge in [-0.15, -0.1) is 0 Å². The fraction of sp³-hybridized carbons (Fsp3) is 0.278. The Labute approximate surface area is 136 Å². The fourth-order valence-corrected chi connectivity index (χ4v) is 2.57. The van der Waals surface area contributed by atoms with Gasteiger partial charge in [0.15, 0.2) is 6.54 Å². The maximum absolute atomic E-state index is 12.1. The molecule has 2 aromatic rings. The predicted molar refractivity (Wildman–Crippen MR) is 90.9 cm³/mol. The number of carbonyl (C=O) groups is 1. The van der Waals surface area contributed by atoms with Gasteiger partial charge in [-0.1, -0.05) is 55.8 Å². The molecule has 4 heteroatoms. The Kier molecular flexibility index (Phi) is 5.99. The van der Waals surface area contributed by atoms with Crippen molar-refractivity contribution in [3.8, 4) is 0 Å². The van der Waals surface area contributed by atoms with E-state index in [1.165, 1.54) is 5.56 Å². The van der Waals surface area contributed by atoms with Gasteiger partial charge in [-0.05, 0) is 24.3 Å². The molecule has 0 aliphatic carbocycles. The summed E-state index contributed by atoms with van der Waals surface area (Å²) in [5.41, 5.74) is 2.01. The molecule has 2 rings (SSSR count). The number of nitrogens with one attached hydrogen (secondary N) is 1. The van der Waals surface area contributed by atoms with Crippen molar-refractivity contribution >= 4 is 23.2 Å². The van der Waals surface area contributed by atoms with Crippen molar-refractivity contribution in [2.75, 3.05) is 11.9 Å². The first-order valence-corrected chi connectivity index (χ1v) is 7.87. The van der Waals surface area contributed by atoms with Crippen LogP contribution in [0.1, 0.15) is 25.5 Å². The molecule has 3 nitrogen and oxygen atoms in total. The number of halogens is 1. The molecule has 116 valence electrons. The van der Waals surface area contributed by atoms with E-state index in [-0.39, 0.29) is 11.9 Å². The Balaban J connectivity index is 1.92. The Bertz CT molecular complexity index is 596. The zero-order valence-corrected chi connectivity index (χ0v) is 13.7. The molecule has 3 N–H and O–H groups in total. The minimum atomic E-state index is -0.0103. The van der Waals surface area contributed by atoms with Crippen LogP contribution in [0.25, 0.3) is 0 Å². The summed E-state index contributed by atoms with van der Waals surface area (Å²) in [4.78, 5) is 12.1. The van der Waals surface area contributed by atoms with E-state index in [4.69, 9.17) is 11.6 Å². The van der Waals surface area contributed by atoms with Gasteiger partial charge in [0.1, 0.15) is 6.04 Å². The smallest absolute Gasteiger partial charge is 0.279 e. The second-order valence-electron chi connectivity index (χ2n) is 5.68. The summed E-state index contributed by atoms with van der Waals surface area (Å²) in [6, 6.07) is 17.7. The van der Waals surface area contributed by atoms with Crippen LogP contribution in [-0.2, 0) is 4.79 Å². The van der Waals surface area contributed by atoms with E-state index in [1.807, 2.05) is 18.2 Å². The SMILES string of the molecule is CC(C)[C@H]([NH2+]CC(=O)Nc1ccc(Cl)cc1)c1ccccc1. The Hall–Kier alpha value is -1.84. The van der Waals surface area contributed by atoms with Crippen molar-refractivity contribution in [3.05, 3.63) is 65.2 Å². The summed E-state index contributed by atoms with van der Waals surface area (Å²) in [6.45, 7) is 4.73. The van der Waals surface area contributed by atoms with Crippen LogP contribution in [0.2, 0.25) is 5.02 Å². The summed E-state index contributed by atoms with van der Waals surface area (Å²) < 4.78 is 0. The Morgan fingerprint density at radius 3 is 2.32 bits per heavy atom. The standard InChI is InChI=1S/C18H21ClN2O/c1-13(2)18(14-6-4-3-5-7-14)20-12-17(22)21-16-10-8-15(19)9-11-16/h3-11,13,18,20H,12H2,1-2H3,(H,21,22)/p+1/t18-/m0/s1. The van der Waals surface area contributed by atoms with E-state index in [9.17, 15) is 4.79 Å². The molecule has 0 aromatic heterocycles. The van der Waals surface area contributed by atoms with E-state index in [1.54, 1.807) is 24.3 Å². The average Bonchev–Trinajstić information content (AvgIpc) is 2.50. The number of anilines is 1. The first kappa shape index (κ1) is 16.5. The second-order valence-corrected chi connectivity index (χ2v) is 6.11. The molecule has 0 aliphatic heterocycles. The van der Waals surface area contributed by atoms with Crippen molar-refractivity contribution in [1.82, 2.24) is 0 Å². The molecule has 0 aliphatic rings. The van der Waals surface area contributed by atoms with Gasteiger partial charge >= 0.3 is 0 Å². The number of hydrogen-bond donors (Lipinski definition) is 2. The number of hydrogen-bond acceptors (Lipinski definition) is 1. The molecule has 22 heavy (non-hydrogen) atoms. The molecule has 2 aromatic carbocycles. The molecule has 0 bridgehead atoms. The van der Waals surface area contributed by atoms with Crippen molar-refractivity contribution < 1.29 is 10.1 Å². The van der Waals surface area contributed by atoms with Gasteiger partial charge in [0.05, 0.1) is 0 Å². The predicted octanol–water partition coefficient (Wildman–Crippen LogP) is 3.24. The molecular formula is C18H22ClN2O+. The topological polar surface area (TPSA) is 45.7 Å². The van der Waals surface area contributed by atoms with Gasteiger partial charge < -0.3 is 10.6 Å². The van der Waals surface area contributed by atoms with E-state index in [2.05, 4.69) is 36.6 Å². The average molecular weight is 318 g/mol. The molecule has 0 saturated carbocycles. The highest BCUT2D eigenvalue weighted by Crippen LogP contribution is 2.17. The van der Waals surface area contributed by atoms with Crippen molar-refractivity contribution in [2.45, 2.75) is 19.9 Å². The molecule has 0 saturated heterocycles. The maximum Gasteiger partial charge on any atom is 0.279 e. The number of amides is 1. The van der Waals surface area contributed by atoms with Crippen LogP contribution < -0.4 is 10.6 Å². The molecule has 0 heterocycles. The second kappa shape index (κ2) is 7.97. The molecule has 1 atom stereocenters. The maximum atomic E-state index is 12.1. The normalized spacial score (nSPS) is 12.2. The monoisotopic (exact) mass is 317 g/mol. The summed E-state index contributed by atoms with van der Waals surface area (Å²) in [5, 5.41) is 5.64. The molecule has 1 amide bonds. The van der Waals surface area contributed by atoms with Gasteiger partial charge in [0, 0.05) is 22.2 Å². The Morgan fingerprint density at radius 2 is 1.73 bits per heavy atom. The van der Waals surface area contributed by atoms with Gasteiger partial charge in [0.25, 0.3) is 5.91 Å². The number of nitrogens with two attached hydrogens (primary N) is 1.